The largest absolute Gasteiger partial charge is 0.496 e. The molecule has 1 atom stereocenters. The predicted molar refractivity (Wildman–Crippen MR) is 82.7 cm³/mol. The summed E-state index contributed by atoms with van der Waals surface area (Å²) in [5.41, 5.74) is 2.46. The minimum absolute atomic E-state index is 0.267. The molecule has 4 heteroatoms. The molecule has 3 nitrogen and oxygen atoms in total. The van der Waals surface area contributed by atoms with Gasteiger partial charge in [0.1, 0.15) is 11.6 Å². The van der Waals surface area contributed by atoms with E-state index in [4.69, 9.17) is 4.74 Å². The van der Waals surface area contributed by atoms with E-state index in [1.54, 1.807) is 26.2 Å². The molecule has 112 valence electrons. The Hall–Kier alpha value is -2.07. The number of nitrogens with zero attached hydrogens (tertiary/aromatic N) is 1. The van der Waals surface area contributed by atoms with E-state index < -0.39 is 6.10 Å². The van der Waals surface area contributed by atoms with E-state index in [1.165, 1.54) is 12.1 Å². The molecule has 0 spiro atoms. The molecule has 0 aliphatic rings. The molecule has 0 saturated heterocycles. The van der Waals surface area contributed by atoms with Crippen LogP contribution in [0.4, 0.5) is 15.8 Å². The van der Waals surface area contributed by atoms with E-state index in [-0.39, 0.29) is 5.82 Å². The number of halogens is 1. The van der Waals surface area contributed by atoms with Crippen LogP contribution in [0.1, 0.15) is 25.5 Å². The van der Waals surface area contributed by atoms with Crippen molar-refractivity contribution in [3.05, 3.63) is 53.8 Å². The van der Waals surface area contributed by atoms with E-state index in [9.17, 15) is 9.50 Å². The van der Waals surface area contributed by atoms with Crippen LogP contribution in [-0.2, 0) is 0 Å². The van der Waals surface area contributed by atoms with Crippen molar-refractivity contribution < 1.29 is 14.2 Å². The summed E-state index contributed by atoms with van der Waals surface area (Å²) in [4.78, 5) is 2.02. The standard InChI is InChI=1S/C17H20FNO2/c1-4-19(14-10-8-13(18)9-11-14)15-6-5-7-16(21-3)17(15)12(2)20/h5-12,20H,4H2,1-3H3/t12-/m1/s1. The van der Waals surface area contributed by atoms with Crippen molar-refractivity contribution in [1.29, 1.82) is 0 Å². The third-order valence-corrected chi connectivity index (χ3v) is 3.43. The number of anilines is 2. The summed E-state index contributed by atoms with van der Waals surface area (Å²) < 4.78 is 18.5. The highest BCUT2D eigenvalue weighted by molar-refractivity contribution is 5.69. The molecule has 0 heterocycles. The maximum Gasteiger partial charge on any atom is 0.126 e. The number of rotatable bonds is 5. The first kappa shape index (κ1) is 15.3. The van der Waals surface area contributed by atoms with Crippen molar-refractivity contribution in [2.45, 2.75) is 20.0 Å². The summed E-state index contributed by atoms with van der Waals surface area (Å²) in [6.45, 7) is 4.41. The summed E-state index contributed by atoms with van der Waals surface area (Å²) >= 11 is 0. The Morgan fingerprint density at radius 1 is 1.19 bits per heavy atom. The van der Waals surface area contributed by atoms with Crippen molar-refractivity contribution >= 4 is 11.4 Å². The van der Waals surface area contributed by atoms with Gasteiger partial charge < -0.3 is 14.7 Å². The van der Waals surface area contributed by atoms with Gasteiger partial charge in [0, 0.05) is 17.8 Å². The van der Waals surface area contributed by atoms with Gasteiger partial charge in [-0.1, -0.05) is 6.07 Å². The molecule has 0 unspecified atom stereocenters. The van der Waals surface area contributed by atoms with Gasteiger partial charge in [-0.2, -0.15) is 0 Å². The first-order valence-corrected chi connectivity index (χ1v) is 6.96. The van der Waals surface area contributed by atoms with Crippen LogP contribution in [0.2, 0.25) is 0 Å². The zero-order valence-corrected chi connectivity index (χ0v) is 12.5. The lowest BCUT2D eigenvalue weighted by Gasteiger charge is -2.28. The van der Waals surface area contributed by atoms with Crippen molar-refractivity contribution in [2.24, 2.45) is 0 Å². The smallest absolute Gasteiger partial charge is 0.126 e. The Morgan fingerprint density at radius 2 is 1.86 bits per heavy atom. The lowest BCUT2D eigenvalue weighted by Crippen LogP contribution is -2.18. The van der Waals surface area contributed by atoms with Crippen LogP contribution in [0.15, 0.2) is 42.5 Å². The van der Waals surface area contributed by atoms with Gasteiger partial charge in [0.2, 0.25) is 0 Å². The fourth-order valence-corrected chi connectivity index (χ4v) is 2.48. The van der Waals surface area contributed by atoms with Crippen LogP contribution in [0.25, 0.3) is 0 Å². The number of hydrogen-bond acceptors (Lipinski definition) is 3. The van der Waals surface area contributed by atoms with Gasteiger partial charge >= 0.3 is 0 Å². The molecule has 0 aromatic heterocycles. The van der Waals surface area contributed by atoms with Crippen molar-refractivity contribution in [2.75, 3.05) is 18.6 Å². The molecule has 0 aliphatic heterocycles. The lowest BCUT2D eigenvalue weighted by molar-refractivity contribution is 0.195. The Bertz CT molecular complexity index is 596. The third-order valence-electron chi connectivity index (χ3n) is 3.43. The summed E-state index contributed by atoms with van der Waals surface area (Å²) in [5, 5.41) is 10.1. The molecule has 0 radical (unpaired) electrons. The molecule has 0 aliphatic carbocycles. The highest BCUT2D eigenvalue weighted by Crippen LogP contribution is 2.37. The topological polar surface area (TPSA) is 32.7 Å². The second-order valence-corrected chi connectivity index (χ2v) is 4.79. The molecule has 0 bridgehead atoms. The lowest BCUT2D eigenvalue weighted by atomic mass is 10.0. The monoisotopic (exact) mass is 289 g/mol. The van der Waals surface area contributed by atoms with Crippen molar-refractivity contribution in [1.82, 2.24) is 0 Å². The van der Waals surface area contributed by atoms with E-state index >= 15 is 0 Å². The molecular weight excluding hydrogens is 269 g/mol. The zero-order valence-electron chi connectivity index (χ0n) is 12.5. The molecule has 0 fully saturated rings. The minimum Gasteiger partial charge on any atom is -0.496 e. The number of hydrogen-bond donors (Lipinski definition) is 1. The normalized spacial score (nSPS) is 12.0. The molecule has 1 N–H and O–H groups in total. The fourth-order valence-electron chi connectivity index (χ4n) is 2.48. The molecule has 2 aromatic rings. The van der Waals surface area contributed by atoms with Gasteiger partial charge in [-0.3, -0.25) is 0 Å². The van der Waals surface area contributed by atoms with Gasteiger partial charge in [0.25, 0.3) is 0 Å². The van der Waals surface area contributed by atoms with Crippen LogP contribution < -0.4 is 9.64 Å². The van der Waals surface area contributed by atoms with Crippen LogP contribution in [-0.4, -0.2) is 18.8 Å². The van der Waals surface area contributed by atoms with Crippen molar-refractivity contribution in [3.63, 3.8) is 0 Å². The quantitative estimate of drug-likeness (QED) is 0.901. The molecule has 0 amide bonds. The average Bonchev–Trinajstić information content (AvgIpc) is 2.49. The molecule has 2 rings (SSSR count). The van der Waals surface area contributed by atoms with Gasteiger partial charge in [0.05, 0.1) is 18.9 Å². The number of methoxy groups -OCH3 is 1. The summed E-state index contributed by atoms with van der Waals surface area (Å²) in [5.74, 6) is 0.374. The maximum absolute atomic E-state index is 13.1. The minimum atomic E-state index is -0.661. The Balaban J connectivity index is 2.54. The third kappa shape index (κ3) is 3.16. The van der Waals surface area contributed by atoms with Crippen LogP contribution in [0.5, 0.6) is 5.75 Å². The molecular formula is C17H20FNO2. The fraction of sp³-hybridized carbons (Fsp3) is 0.294. The SMILES string of the molecule is CCN(c1ccc(F)cc1)c1cccc(OC)c1[C@@H](C)O. The van der Waals surface area contributed by atoms with Crippen LogP contribution in [0.3, 0.4) is 0 Å². The first-order chi connectivity index (χ1) is 10.1. The second kappa shape index (κ2) is 6.59. The molecule has 0 saturated carbocycles. The predicted octanol–water partition coefficient (Wildman–Crippen LogP) is 4.05. The Labute approximate surface area is 124 Å². The maximum atomic E-state index is 13.1. The summed E-state index contributed by atoms with van der Waals surface area (Å²) in [6.07, 6.45) is -0.661. The van der Waals surface area contributed by atoms with Gasteiger partial charge in [0.15, 0.2) is 0 Å². The van der Waals surface area contributed by atoms with E-state index in [2.05, 4.69) is 0 Å². The first-order valence-electron chi connectivity index (χ1n) is 6.96. The summed E-state index contributed by atoms with van der Waals surface area (Å²) in [6, 6.07) is 11.9. The van der Waals surface area contributed by atoms with E-state index in [0.29, 0.717) is 12.3 Å². The molecule has 2 aromatic carbocycles. The highest BCUT2D eigenvalue weighted by atomic mass is 19.1. The zero-order chi connectivity index (χ0) is 15.4. The summed E-state index contributed by atoms with van der Waals surface area (Å²) in [7, 11) is 1.58. The van der Waals surface area contributed by atoms with Gasteiger partial charge in [-0.25, -0.2) is 4.39 Å². The Kier molecular flexibility index (Phi) is 4.81. The number of benzene rings is 2. The Morgan fingerprint density at radius 3 is 2.38 bits per heavy atom. The van der Waals surface area contributed by atoms with Gasteiger partial charge in [-0.05, 0) is 50.2 Å². The second-order valence-electron chi connectivity index (χ2n) is 4.79. The van der Waals surface area contributed by atoms with Crippen LogP contribution in [0, 0.1) is 5.82 Å². The van der Waals surface area contributed by atoms with Crippen molar-refractivity contribution in [3.8, 4) is 5.75 Å². The number of ether oxygens (including phenoxy) is 1. The highest BCUT2D eigenvalue weighted by Gasteiger charge is 2.19. The molecule has 21 heavy (non-hydrogen) atoms. The number of aliphatic hydroxyl groups is 1. The van der Waals surface area contributed by atoms with Gasteiger partial charge in [-0.15, -0.1) is 0 Å². The number of aliphatic hydroxyl groups excluding tert-OH is 1. The van der Waals surface area contributed by atoms with E-state index in [0.717, 1.165) is 16.9 Å². The average molecular weight is 289 g/mol. The van der Waals surface area contributed by atoms with Crippen LogP contribution >= 0.6 is 0 Å². The van der Waals surface area contributed by atoms with E-state index in [1.807, 2.05) is 30.0 Å².